The fourth-order valence-electron chi connectivity index (χ4n) is 13.1. The predicted octanol–water partition coefficient (Wildman–Crippen LogP) is -3.83. The molecule has 0 spiro atoms. The summed E-state index contributed by atoms with van der Waals surface area (Å²) < 4.78 is 0. The zero-order valence-corrected chi connectivity index (χ0v) is 70.0. The Hall–Kier alpha value is -11.6. The molecule has 0 saturated carbocycles. The number of carbonyl (C=O) groups is 18. The summed E-state index contributed by atoms with van der Waals surface area (Å²) in [5.41, 5.74) is 0.742. The van der Waals surface area contributed by atoms with Crippen LogP contribution in [0.3, 0.4) is 0 Å². The summed E-state index contributed by atoms with van der Waals surface area (Å²) in [6.07, 6.45) is -0.432. The van der Waals surface area contributed by atoms with Crippen molar-refractivity contribution in [2.45, 2.75) is 269 Å². The zero-order valence-electron chi connectivity index (χ0n) is 70.0. The van der Waals surface area contributed by atoms with Crippen molar-refractivity contribution in [3.63, 3.8) is 0 Å². The number of benzene rings is 2. The van der Waals surface area contributed by atoms with Gasteiger partial charge >= 0.3 is 0 Å². The number of likely N-dealkylation sites (tertiary alicyclic amines) is 2. The number of hydrogen-bond acceptors (Lipinski definition) is 20. The molecular weight excluding hydrogens is 1530 g/mol. The van der Waals surface area contributed by atoms with E-state index in [1.165, 1.54) is 109 Å². The van der Waals surface area contributed by atoms with Gasteiger partial charge in [0.1, 0.15) is 75.0 Å². The third-order valence-corrected chi connectivity index (χ3v) is 20.7. The van der Waals surface area contributed by atoms with Gasteiger partial charge < -0.3 is 111 Å². The van der Waals surface area contributed by atoms with Crippen molar-refractivity contribution >= 4 is 117 Å². The number of aliphatic hydroxyl groups excluding tert-OH is 2. The number of amides is 18. The normalized spacial score (nSPS) is 17.3. The van der Waals surface area contributed by atoms with Crippen LogP contribution in [0.25, 0.3) is 10.9 Å². The maximum Gasteiger partial charge on any atom is 0.248 e. The van der Waals surface area contributed by atoms with Crippen LogP contribution in [-0.2, 0) is 99.1 Å². The highest BCUT2D eigenvalue weighted by atomic mass is 16.3. The molecule has 21 N–H and O–H groups in total. The van der Waals surface area contributed by atoms with Crippen molar-refractivity contribution in [1.29, 1.82) is 0 Å². The number of nitrogens with one attached hydrogen (secondary N) is 15. The number of para-hydroxylation sites is 1. The highest BCUT2D eigenvalue weighted by Gasteiger charge is 2.49. The molecule has 0 aliphatic carbocycles. The fourth-order valence-corrected chi connectivity index (χ4v) is 13.1. The SMILES string of the molecule is CC[C@@](C)(NC(=O)CNC(=O)[C@@](C)(CC)NC(=O)[C@H](CCC(N)=O)NC(=O)C(C)(C)NC(=O)[C@H](Cc1c[nH]c2ccccc12)NC(C)=O)C(=O)N[C@@H](C)C(=O)NC(C)(C)C(=O)NC(C)(C)C(=O)NCC(=O)N[C@@H](CCC(N)=O)C(=O)NC(C)(C)C(=O)N1C[C@H](O)C[C@@H]1C(=O)NC(C)(C)C(=O)N1CCC[C@H]1C(=O)N[C@H](CO)Cc1ccccc1. The second-order valence-corrected chi connectivity index (χ2v) is 33.1. The van der Waals surface area contributed by atoms with Crippen LogP contribution in [0.1, 0.15) is 180 Å². The predicted molar refractivity (Wildman–Crippen MR) is 429 cm³/mol. The molecule has 0 bridgehead atoms. The molecule has 3 aromatic rings. The van der Waals surface area contributed by atoms with Crippen molar-refractivity contribution < 1.29 is 96.5 Å². The van der Waals surface area contributed by atoms with E-state index in [1.807, 2.05) is 54.6 Å². The molecule has 2 aliphatic rings. The van der Waals surface area contributed by atoms with Gasteiger partial charge in [-0.05, 0) is 152 Å². The molecule has 39 nitrogen and oxygen atoms in total. The van der Waals surface area contributed by atoms with Gasteiger partial charge in [-0.15, -0.1) is 0 Å². The number of primary amides is 2. The van der Waals surface area contributed by atoms with Gasteiger partial charge in [-0.2, -0.15) is 0 Å². The Morgan fingerprint density at radius 2 is 1.02 bits per heavy atom. The summed E-state index contributed by atoms with van der Waals surface area (Å²) in [4.78, 5) is 250. The minimum atomic E-state index is -1.89. The quantitative estimate of drug-likeness (QED) is 0.0258. The first kappa shape index (κ1) is 96.9. The number of aromatic nitrogens is 1. The van der Waals surface area contributed by atoms with Crippen LogP contribution >= 0.6 is 0 Å². The molecule has 0 unspecified atom stereocenters. The number of rotatable bonds is 42. The molecule has 118 heavy (non-hydrogen) atoms. The number of aliphatic hydroxyl groups is 2. The van der Waals surface area contributed by atoms with Crippen molar-refractivity contribution in [2.24, 2.45) is 11.5 Å². The van der Waals surface area contributed by atoms with E-state index in [0.717, 1.165) is 21.4 Å². The maximum atomic E-state index is 14.4. The van der Waals surface area contributed by atoms with Crippen LogP contribution in [0, 0.1) is 0 Å². The summed E-state index contributed by atoms with van der Waals surface area (Å²) in [5, 5.41) is 57.3. The number of aromatic amines is 1. The topological polar surface area (TPSA) is 590 Å². The second-order valence-electron chi connectivity index (χ2n) is 33.1. The van der Waals surface area contributed by atoms with E-state index in [0.29, 0.717) is 24.8 Å². The molecule has 650 valence electrons. The molecule has 1 aromatic heterocycles. The van der Waals surface area contributed by atoms with E-state index in [-0.39, 0.29) is 51.8 Å². The van der Waals surface area contributed by atoms with E-state index >= 15 is 0 Å². The number of hydrogen-bond donors (Lipinski definition) is 19. The molecule has 2 aromatic carbocycles. The molecule has 18 amide bonds. The van der Waals surface area contributed by atoms with Gasteiger partial charge in [-0.3, -0.25) is 86.3 Å². The van der Waals surface area contributed by atoms with Crippen LogP contribution in [0.4, 0.5) is 0 Å². The molecule has 2 fully saturated rings. The Morgan fingerprint density at radius 1 is 0.508 bits per heavy atom. The molecule has 0 radical (unpaired) electrons. The van der Waals surface area contributed by atoms with E-state index in [4.69, 9.17) is 11.5 Å². The minimum Gasteiger partial charge on any atom is -0.394 e. The molecule has 39 heteroatoms. The average Bonchev–Trinajstić information content (AvgIpc) is 1.67. The van der Waals surface area contributed by atoms with Crippen LogP contribution in [0.15, 0.2) is 60.8 Å². The second kappa shape index (κ2) is 41.0. The summed E-state index contributed by atoms with van der Waals surface area (Å²) in [7, 11) is 0. The Bertz CT molecular complexity index is 4260. The van der Waals surface area contributed by atoms with Gasteiger partial charge in [0.25, 0.3) is 0 Å². The molecule has 2 saturated heterocycles. The van der Waals surface area contributed by atoms with E-state index in [1.54, 1.807) is 13.1 Å². The smallest absolute Gasteiger partial charge is 0.248 e. The summed E-state index contributed by atoms with van der Waals surface area (Å²) in [5.74, 6) is -15.1. The minimum absolute atomic E-state index is 0.0381. The average molecular weight is 1650 g/mol. The highest BCUT2D eigenvalue weighted by molar-refractivity contribution is 6.03. The molecular formula is C79H119N19O20. The number of nitrogens with two attached hydrogens (primary N) is 2. The van der Waals surface area contributed by atoms with E-state index < -0.39 is 226 Å². The number of H-pyrrole nitrogens is 1. The summed E-state index contributed by atoms with van der Waals surface area (Å²) in [6, 6.07) is 7.94. The number of carbonyl (C=O) groups excluding carboxylic acids is 18. The van der Waals surface area contributed by atoms with Gasteiger partial charge in [0.05, 0.1) is 31.8 Å². The zero-order chi connectivity index (χ0) is 89.0. The first-order chi connectivity index (χ1) is 54.7. The van der Waals surface area contributed by atoms with Crippen molar-refractivity contribution in [3.05, 3.63) is 71.9 Å². The third-order valence-electron chi connectivity index (χ3n) is 20.7. The first-order valence-corrected chi connectivity index (χ1v) is 39.1. The van der Waals surface area contributed by atoms with E-state index in [9.17, 15) is 96.5 Å². The fraction of sp³-hybridized carbons (Fsp3) is 0.595. The van der Waals surface area contributed by atoms with Crippen molar-refractivity contribution in [1.82, 2.24) is 89.2 Å². The highest BCUT2D eigenvalue weighted by Crippen LogP contribution is 2.27. The summed E-state index contributed by atoms with van der Waals surface area (Å²) in [6.45, 7) is 19.3. The van der Waals surface area contributed by atoms with Gasteiger partial charge in [0.15, 0.2) is 0 Å². The molecule has 3 heterocycles. The lowest BCUT2D eigenvalue weighted by Gasteiger charge is -2.37. The molecule has 10 atom stereocenters. The monoisotopic (exact) mass is 1650 g/mol. The number of nitrogens with zero attached hydrogens (tertiary/aromatic N) is 2. The standard InChI is InChI=1S/C79H119N19O20/c1-17-78(15,95-62(108)52(31-33-57(81)103)89-67(113)74(7,8)92-63(109)53(86-44(4)100)36-46-38-82-50-28-23-22-27-49(46)50)69(115)84-40-59(105)90-79(16,18-2)70(116)85-43(3)60(106)91-75(9,10)68(114)96-73(5,6)66(112)83-39-58(104)88-51(30-32-56(80)102)61(107)93-77(13,14)72(118)98-41-48(101)37-55(98)65(111)94-76(11,12)71(117)97-34-24-29-54(97)64(110)87-47(42-99)35-45-25-20-19-21-26-45/h19-23,25-28,38,43,47-48,51-55,82,99,101H,17-18,24,29-37,39-42H2,1-16H3,(H2,80,102)(H2,81,103)(H,83,112)(H,84,115)(H,85,116)(H,86,100)(H,87,110)(H,88,104)(H,89,113)(H,90,105)(H,91,106)(H,92,109)(H,93,107)(H,94,111)(H,95,108)(H,96,114)/t43-,47-,48+,51-,52-,53-,54-,55+,78+,79+/m0/s1. The van der Waals surface area contributed by atoms with Crippen molar-refractivity contribution in [2.75, 3.05) is 32.8 Å². The first-order valence-electron chi connectivity index (χ1n) is 39.1. The third kappa shape index (κ3) is 27.0. The molecule has 2 aliphatic heterocycles. The van der Waals surface area contributed by atoms with Crippen LogP contribution in [-0.4, -0.2) is 251 Å². The Kier molecular flexibility index (Phi) is 33.7. The Balaban J connectivity index is 1.11. The van der Waals surface area contributed by atoms with Gasteiger partial charge in [0.2, 0.25) is 106 Å². The van der Waals surface area contributed by atoms with E-state index in [2.05, 4.69) is 79.4 Å². The number of fused-ring (bicyclic) bond motifs is 1. The Labute approximate surface area is 684 Å². The van der Waals surface area contributed by atoms with Crippen LogP contribution in [0.5, 0.6) is 0 Å². The molecule has 5 rings (SSSR count). The van der Waals surface area contributed by atoms with Gasteiger partial charge in [-0.1, -0.05) is 62.4 Å². The lowest BCUT2D eigenvalue weighted by Crippen LogP contribution is -2.65. The Morgan fingerprint density at radius 3 is 1.61 bits per heavy atom. The van der Waals surface area contributed by atoms with Crippen LogP contribution < -0.4 is 85.9 Å². The number of β-amino-alcohol motifs (C(OH)–C–C–N with tert-alkyl or cyclic N) is 1. The largest absolute Gasteiger partial charge is 0.394 e. The lowest BCUT2D eigenvalue weighted by atomic mass is 9.95. The van der Waals surface area contributed by atoms with Gasteiger partial charge in [-0.25, -0.2) is 0 Å². The van der Waals surface area contributed by atoms with Crippen molar-refractivity contribution in [3.8, 4) is 0 Å². The van der Waals surface area contributed by atoms with Crippen LogP contribution in [0.2, 0.25) is 0 Å². The lowest BCUT2D eigenvalue weighted by molar-refractivity contribution is -0.148. The maximum absolute atomic E-state index is 14.4. The summed E-state index contributed by atoms with van der Waals surface area (Å²) >= 11 is 0. The van der Waals surface area contributed by atoms with Gasteiger partial charge in [0, 0.05) is 62.8 Å².